The Morgan fingerprint density at radius 2 is 1.70 bits per heavy atom. The number of aliphatic carboxylic acids is 2. The molecule has 0 aromatic carbocycles. The number of rotatable bonds is 3. The first-order valence-corrected chi connectivity index (χ1v) is 3.00. The zero-order chi connectivity index (χ0) is 8.31. The average molecular weight is 167 g/mol. The zero-order valence-corrected chi connectivity index (χ0v) is 6.00. The lowest BCUT2D eigenvalue weighted by atomic mass is 10.1. The molecule has 0 aliphatic carbocycles. The highest BCUT2D eigenvalue weighted by Gasteiger charge is 2.27. The third-order valence-electron chi connectivity index (χ3n) is 1.06. The standard InChI is InChI=1S/C5H7ClO4/c1-2(4(7)8)3(6)5(9)10/h2-3H,1H3,(H,7,8)(H,9,10). The normalized spacial score (nSPS) is 15.8. The van der Waals surface area contributed by atoms with Crippen molar-refractivity contribution in [3.63, 3.8) is 0 Å². The minimum atomic E-state index is -1.35. The lowest BCUT2D eigenvalue weighted by molar-refractivity contribution is -0.147. The van der Waals surface area contributed by atoms with Crippen molar-refractivity contribution in [2.75, 3.05) is 0 Å². The lowest BCUT2D eigenvalue weighted by Crippen LogP contribution is -2.27. The number of carboxylic acids is 2. The van der Waals surface area contributed by atoms with Gasteiger partial charge in [0.25, 0.3) is 0 Å². The number of alkyl halides is 1. The van der Waals surface area contributed by atoms with E-state index in [9.17, 15) is 9.59 Å². The molecular formula is C5H7ClO4. The molecule has 0 aromatic rings. The molecule has 0 saturated heterocycles. The van der Waals surface area contributed by atoms with Crippen LogP contribution in [0.4, 0.5) is 0 Å². The molecule has 2 atom stereocenters. The van der Waals surface area contributed by atoms with E-state index < -0.39 is 23.2 Å². The summed E-state index contributed by atoms with van der Waals surface area (Å²) in [5.74, 6) is -3.57. The van der Waals surface area contributed by atoms with E-state index in [1.165, 1.54) is 6.92 Å². The van der Waals surface area contributed by atoms with Gasteiger partial charge in [-0.2, -0.15) is 0 Å². The Kier molecular flexibility index (Phi) is 3.15. The third-order valence-corrected chi connectivity index (χ3v) is 1.63. The van der Waals surface area contributed by atoms with E-state index in [1.54, 1.807) is 0 Å². The molecule has 0 aliphatic rings. The number of hydrogen-bond acceptors (Lipinski definition) is 2. The van der Waals surface area contributed by atoms with Crippen molar-refractivity contribution in [1.29, 1.82) is 0 Å². The maximum Gasteiger partial charge on any atom is 0.322 e. The van der Waals surface area contributed by atoms with Gasteiger partial charge < -0.3 is 10.2 Å². The van der Waals surface area contributed by atoms with Crippen LogP contribution >= 0.6 is 11.6 Å². The Morgan fingerprint density at radius 1 is 1.30 bits per heavy atom. The fraction of sp³-hybridized carbons (Fsp3) is 0.600. The van der Waals surface area contributed by atoms with Crippen molar-refractivity contribution in [2.45, 2.75) is 12.3 Å². The van der Waals surface area contributed by atoms with E-state index >= 15 is 0 Å². The van der Waals surface area contributed by atoms with Crippen molar-refractivity contribution >= 4 is 23.5 Å². The summed E-state index contributed by atoms with van der Waals surface area (Å²) in [6.07, 6.45) is 0. The van der Waals surface area contributed by atoms with Crippen molar-refractivity contribution in [1.82, 2.24) is 0 Å². The number of carbonyl (C=O) groups is 2. The van der Waals surface area contributed by atoms with Gasteiger partial charge in [0.2, 0.25) is 0 Å². The first kappa shape index (κ1) is 9.23. The highest BCUT2D eigenvalue weighted by Crippen LogP contribution is 2.10. The van der Waals surface area contributed by atoms with Gasteiger partial charge in [-0.05, 0) is 6.92 Å². The minimum Gasteiger partial charge on any atom is -0.481 e. The molecule has 58 valence electrons. The highest BCUT2D eigenvalue weighted by atomic mass is 35.5. The largest absolute Gasteiger partial charge is 0.481 e. The highest BCUT2D eigenvalue weighted by molar-refractivity contribution is 6.30. The van der Waals surface area contributed by atoms with Crippen LogP contribution in [0.15, 0.2) is 0 Å². The molecule has 4 nitrogen and oxygen atoms in total. The van der Waals surface area contributed by atoms with Gasteiger partial charge in [0.15, 0.2) is 0 Å². The molecule has 0 heterocycles. The van der Waals surface area contributed by atoms with Crippen LogP contribution in [0, 0.1) is 5.92 Å². The third kappa shape index (κ3) is 2.23. The molecule has 2 unspecified atom stereocenters. The number of hydrogen-bond donors (Lipinski definition) is 2. The van der Waals surface area contributed by atoms with Crippen LogP contribution in [0.2, 0.25) is 0 Å². The Bertz CT molecular complexity index is 138. The summed E-state index contributed by atoms with van der Waals surface area (Å²) in [6.45, 7) is 1.24. The summed E-state index contributed by atoms with van der Waals surface area (Å²) in [4.78, 5) is 20.1. The predicted octanol–water partition coefficient (Wildman–Crippen LogP) is 0.399. The van der Waals surface area contributed by atoms with E-state index in [0.717, 1.165) is 0 Å². The van der Waals surface area contributed by atoms with Crippen LogP contribution in [0.25, 0.3) is 0 Å². The van der Waals surface area contributed by atoms with Gasteiger partial charge in [-0.25, -0.2) is 0 Å². The molecule has 0 saturated carbocycles. The van der Waals surface area contributed by atoms with Crippen LogP contribution in [0.5, 0.6) is 0 Å². The summed E-state index contributed by atoms with van der Waals surface area (Å²) in [5, 5.41) is 15.1. The SMILES string of the molecule is CC(C(=O)O)C(Cl)C(=O)O. The van der Waals surface area contributed by atoms with Crippen LogP contribution in [0.3, 0.4) is 0 Å². The first-order valence-electron chi connectivity index (χ1n) is 2.56. The Labute approximate surface area is 62.4 Å². The molecular weight excluding hydrogens is 160 g/mol. The van der Waals surface area contributed by atoms with E-state index in [4.69, 9.17) is 21.8 Å². The van der Waals surface area contributed by atoms with Crippen LogP contribution in [-0.2, 0) is 9.59 Å². The summed E-state index contributed by atoms with van der Waals surface area (Å²) in [7, 11) is 0. The first-order chi connectivity index (χ1) is 4.46. The second-order valence-electron chi connectivity index (χ2n) is 1.87. The monoisotopic (exact) mass is 166 g/mol. The fourth-order valence-corrected chi connectivity index (χ4v) is 0.447. The van der Waals surface area contributed by atoms with E-state index in [1.807, 2.05) is 0 Å². The summed E-state index contributed by atoms with van der Waals surface area (Å²) in [5.41, 5.74) is 0. The molecule has 5 heteroatoms. The summed E-state index contributed by atoms with van der Waals surface area (Å²) >= 11 is 5.18. The van der Waals surface area contributed by atoms with Crippen molar-refractivity contribution in [2.24, 2.45) is 5.92 Å². The fourth-order valence-electron chi connectivity index (χ4n) is 0.339. The molecule has 0 spiro atoms. The zero-order valence-electron chi connectivity index (χ0n) is 5.24. The minimum absolute atomic E-state index is 1.06. The quantitative estimate of drug-likeness (QED) is 0.595. The molecule has 0 aliphatic heterocycles. The van der Waals surface area contributed by atoms with Gasteiger partial charge in [0, 0.05) is 0 Å². The lowest BCUT2D eigenvalue weighted by Gasteiger charge is -2.07. The van der Waals surface area contributed by atoms with E-state index in [2.05, 4.69) is 0 Å². The van der Waals surface area contributed by atoms with Crippen LogP contribution in [0.1, 0.15) is 6.92 Å². The molecule has 10 heavy (non-hydrogen) atoms. The molecule has 0 amide bonds. The van der Waals surface area contributed by atoms with E-state index in [0.29, 0.717) is 0 Å². The maximum absolute atomic E-state index is 10.1. The summed E-state index contributed by atoms with van der Waals surface area (Å²) < 4.78 is 0. The average Bonchev–Trinajstić information content (AvgIpc) is 1.84. The van der Waals surface area contributed by atoms with Crippen LogP contribution in [-0.4, -0.2) is 27.5 Å². The van der Waals surface area contributed by atoms with Gasteiger partial charge in [-0.3, -0.25) is 9.59 Å². The Morgan fingerprint density at radius 3 is 1.80 bits per heavy atom. The van der Waals surface area contributed by atoms with Crippen LogP contribution < -0.4 is 0 Å². The number of carboxylic acid groups (broad SMARTS) is 2. The molecule has 0 fully saturated rings. The van der Waals surface area contributed by atoms with Crippen molar-refractivity contribution in [3.05, 3.63) is 0 Å². The van der Waals surface area contributed by atoms with Gasteiger partial charge in [0.05, 0.1) is 5.92 Å². The second-order valence-corrected chi connectivity index (χ2v) is 2.34. The maximum atomic E-state index is 10.1. The van der Waals surface area contributed by atoms with Gasteiger partial charge in [-0.1, -0.05) is 0 Å². The molecule has 0 aromatic heterocycles. The molecule has 0 radical (unpaired) electrons. The second kappa shape index (κ2) is 3.41. The smallest absolute Gasteiger partial charge is 0.322 e. The topological polar surface area (TPSA) is 74.6 Å². The van der Waals surface area contributed by atoms with Gasteiger partial charge in [0.1, 0.15) is 5.38 Å². The molecule has 0 rings (SSSR count). The summed E-state index contributed by atoms with van der Waals surface area (Å²) in [6, 6.07) is 0. The van der Waals surface area contributed by atoms with Crippen molar-refractivity contribution < 1.29 is 19.8 Å². The Balaban J connectivity index is 4.07. The van der Waals surface area contributed by atoms with Crippen molar-refractivity contribution in [3.8, 4) is 0 Å². The van der Waals surface area contributed by atoms with Gasteiger partial charge in [-0.15, -0.1) is 11.6 Å². The number of halogens is 1. The molecule has 0 bridgehead atoms. The van der Waals surface area contributed by atoms with Gasteiger partial charge >= 0.3 is 11.9 Å². The Hall–Kier alpha value is -0.770. The molecule has 2 N–H and O–H groups in total. The predicted molar refractivity (Wildman–Crippen MR) is 34.1 cm³/mol. The van der Waals surface area contributed by atoms with E-state index in [-0.39, 0.29) is 0 Å².